The summed E-state index contributed by atoms with van der Waals surface area (Å²) in [7, 11) is -1.70. The molecule has 0 aliphatic carbocycles. The smallest absolute Gasteiger partial charge is 0.218 e. The minimum atomic E-state index is -3.29. The monoisotopic (exact) mass is 368 g/mol. The van der Waals surface area contributed by atoms with Crippen LogP contribution in [0.3, 0.4) is 0 Å². The third kappa shape index (κ3) is 4.31. The number of carbonyl (C=O) groups is 1. The lowest BCUT2D eigenvalue weighted by atomic mass is 10.2. The first-order valence-corrected chi connectivity index (χ1v) is 10.1. The van der Waals surface area contributed by atoms with Crippen LogP contribution in [-0.4, -0.2) is 69.5 Å². The first kappa shape index (κ1) is 18.2. The van der Waals surface area contributed by atoms with Gasteiger partial charge < -0.3 is 14.4 Å². The SMILES string of the molecule is COC1CN(C=O)CC1Oc1cccc(CS(=O)(=O)N2CCCC2)c1. The molecule has 2 heterocycles. The zero-order valence-corrected chi connectivity index (χ0v) is 15.2. The molecule has 0 bridgehead atoms. The van der Waals surface area contributed by atoms with Gasteiger partial charge in [-0.3, -0.25) is 4.79 Å². The van der Waals surface area contributed by atoms with Crippen molar-refractivity contribution in [2.75, 3.05) is 33.3 Å². The van der Waals surface area contributed by atoms with E-state index in [-0.39, 0.29) is 18.0 Å². The number of benzene rings is 1. The quantitative estimate of drug-likeness (QED) is 0.667. The highest BCUT2D eigenvalue weighted by Gasteiger charge is 2.34. The average molecular weight is 368 g/mol. The summed E-state index contributed by atoms with van der Waals surface area (Å²) in [6.07, 6.45) is 2.18. The minimum Gasteiger partial charge on any atom is -0.486 e. The number of rotatable bonds is 7. The Hall–Kier alpha value is -1.64. The van der Waals surface area contributed by atoms with Crippen LogP contribution in [0.4, 0.5) is 0 Å². The van der Waals surface area contributed by atoms with Crippen LogP contribution in [0.1, 0.15) is 18.4 Å². The van der Waals surface area contributed by atoms with E-state index in [1.54, 1.807) is 40.6 Å². The van der Waals surface area contributed by atoms with Crippen molar-refractivity contribution in [1.82, 2.24) is 9.21 Å². The molecule has 0 N–H and O–H groups in total. The molecule has 0 spiro atoms. The zero-order chi connectivity index (χ0) is 17.9. The maximum absolute atomic E-state index is 12.5. The molecular formula is C17H24N2O5S. The number of methoxy groups -OCH3 is 1. The van der Waals surface area contributed by atoms with E-state index in [0.717, 1.165) is 19.3 Å². The van der Waals surface area contributed by atoms with E-state index in [2.05, 4.69) is 0 Å². The Kier molecular flexibility index (Phi) is 5.61. The van der Waals surface area contributed by atoms with Crippen molar-refractivity contribution in [3.8, 4) is 5.75 Å². The van der Waals surface area contributed by atoms with E-state index in [4.69, 9.17) is 9.47 Å². The van der Waals surface area contributed by atoms with Gasteiger partial charge in [0.05, 0.1) is 18.8 Å². The molecule has 0 saturated carbocycles. The van der Waals surface area contributed by atoms with Gasteiger partial charge in [-0.2, -0.15) is 0 Å². The first-order valence-electron chi connectivity index (χ1n) is 8.47. The van der Waals surface area contributed by atoms with Crippen molar-refractivity contribution < 1.29 is 22.7 Å². The van der Waals surface area contributed by atoms with Crippen molar-refractivity contribution in [3.05, 3.63) is 29.8 Å². The molecule has 2 atom stereocenters. The van der Waals surface area contributed by atoms with Gasteiger partial charge in [0.15, 0.2) is 0 Å². The molecule has 2 fully saturated rings. The standard InChI is InChI=1S/C17H24N2O5S/c1-23-16-10-18(13-20)11-17(16)24-15-6-4-5-14(9-15)12-25(21,22)19-7-2-3-8-19/h4-6,9,13,16-17H,2-3,7-8,10-12H2,1H3. The summed E-state index contributed by atoms with van der Waals surface area (Å²) >= 11 is 0. The van der Waals surface area contributed by atoms with Gasteiger partial charge in [0.1, 0.15) is 18.0 Å². The second kappa shape index (κ2) is 7.72. The maximum atomic E-state index is 12.5. The second-order valence-electron chi connectivity index (χ2n) is 6.50. The zero-order valence-electron chi connectivity index (χ0n) is 14.3. The van der Waals surface area contributed by atoms with Gasteiger partial charge in [-0.05, 0) is 30.5 Å². The predicted molar refractivity (Wildman–Crippen MR) is 92.7 cm³/mol. The molecule has 3 rings (SSSR count). The first-order chi connectivity index (χ1) is 12.0. The predicted octanol–water partition coefficient (Wildman–Crippen LogP) is 0.847. The number of nitrogens with zero attached hydrogens (tertiary/aromatic N) is 2. The lowest BCUT2D eigenvalue weighted by molar-refractivity contribution is -0.117. The highest BCUT2D eigenvalue weighted by molar-refractivity contribution is 7.88. The molecule has 1 aromatic carbocycles. The summed E-state index contributed by atoms with van der Waals surface area (Å²) in [5.41, 5.74) is 0.698. The Morgan fingerprint density at radius 3 is 2.60 bits per heavy atom. The number of likely N-dealkylation sites (tertiary alicyclic amines) is 1. The summed E-state index contributed by atoms with van der Waals surface area (Å²) in [5.74, 6) is 0.567. The fourth-order valence-electron chi connectivity index (χ4n) is 3.35. The second-order valence-corrected chi connectivity index (χ2v) is 8.47. The van der Waals surface area contributed by atoms with Gasteiger partial charge in [-0.25, -0.2) is 12.7 Å². The molecule has 8 heteroatoms. The Morgan fingerprint density at radius 2 is 1.92 bits per heavy atom. The molecule has 2 aliphatic heterocycles. The van der Waals surface area contributed by atoms with Crippen LogP contribution in [-0.2, 0) is 25.3 Å². The highest BCUT2D eigenvalue weighted by Crippen LogP contribution is 2.23. The Morgan fingerprint density at radius 1 is 1.20 bits per heavy atom. The molecule has 138 valence electrons. The van der Waals surface area contributed by atoms with E-state index >= 15 is 0 Å². The van der Waals surface area contributed by atoms with Gasteiger partial charge >= 0.3 is 0 Å². The van der Waals surface area contributed by atoms with E-state index in [1.165, 1.54) is 0 Å². The van der Waals surface area contributed by atoms with Crippen LogP contribution in [0.5, 0.6) is 5.75 Å². The number of sulfonamides is 1. The molecule has 1 amide bonds. The average Bonchev–Trinajstić information content (AvgIpc) is 3.24. The number of hydrogen-bond acceptors (Lipinski definition) is 5. The van der Waals surface area contributed by atoms with E-state index in [1.807, 2.05) is 0 Å². The summed E-state index contributed by atoms with van der Waals surface area (Å²) in [6, 6.07) is 7.13. The molecule has 2 unspecified atom stereocenters. The topological polar surface area (TPSA) is 76.1 Å². The lowest BCUT2D eigenvalue weighted by Gasteiger charge is -2.19. The molecule has 7 nitrogen and oxygen atoms in total. The Balaban J connectivity index is 1.68. The van der Waals surface area contributed by atoms with Crippen LogP contribution in [0.2, 0.25) is 0 Å². The van der Waals surface area contributed by atoms with E-state index in [9.17, 15) is 13.2 Å². The molecule has 2 saturated heterocycles. The van der Waals surface area contributed by atoms with Gasteiger partial charge in [-0.15, -0.1) is 0 Å². The van der Waals surface area contributed by atoms with Crippen LogP contribution in [0, 0.1) is 0 Å². The summed E-state index contributed by atoms with van der Waals surface area (Å²) in [4.78, 5) is 12.6. The third-order valence-electron chi connectivity index (χ3n) is 4.69. The lowest BCUT2D eigenvalue weighted by Crippen LogP contribution is -2.31. The molecule has 25 heavy (non-hydrogen) atoms. The van der Waals surface area contributed by atoms with Crippen LogP contribution >= 0.6 is 0 Å². The normalized spacial score (nSPS) is 24.6. The highest BCUT2D eigenvalue weighted by atomic mass is 32.2. The van der Waals surface area contributed by atoms with Crippen molar-refractivity contribution in [1.29, 1.82) is 0 Å². The Labute approximate surface area is 148 Å². The fourth-order valence-corrected chi connectivity index (χ4v) is 4.95. The van der Waals surface area contributed by atoms with Crippen molar-refractivity contribution in [2.24, 2.45) is 0 Å². The van der Waals surface area contributed by atoms with Gasteiger partial charge in [0.2, 0.25) is 16.4 Å². The molecule has 1 aromatic rings. The third-order valence-corrected chi connectivity index (χ3v) is 6.54. The summed E-state index contributed by atoms with van der Waals surface area (Å²) in [5, 5.41) is 0. The fraction of sp³-hybridized carbons (Fsp3) is 0.588. The van der Waals surface area contributed by atoms with Gasteiger partial charge in [0, 0.05) is 20.2 Å². The largest absolute Gasteiger partial charge is 0.486 e. The molecular weight excluding hydrogens is 344 g/mol. The Bertz CT molecular complexity index is 703. The van der Waals surface area contributed by atoms with Crippen molar-refractivity contribution in [2.45, 2.75) is 30.8 Å². The van der Waals surface area contributed by atoms with Crippen molar-refractivity contribution >= 4 is 16.4 Å². The summed E-state index contributed by atoms with van der Waals surface area (Å²) in [6.45, 7) is 2.17. The molecule has 0 aromatic heterocycles. The van der Waals surface area contributed by atoms with E-state index in [0.29, 0.717) is 37.5 Å². The van der Waals surface area contributed by atoms with Crippen LogP contribution < -0.4 is 4.74 Å². The number of hydrogen-bond donors (Lipinski definition) is 0. The number of amides is 1. The number of ether oxygens (including phenoxy) is 2. The maximum Gasteiger partial charge on any atom is 0.218 e. The van der Waals surface area contributed by atoms with Crippen LogP contribution in [0.15, 0.2) is 24.3 Å². The molecule has 0 radical (unpaired) electrons. The molecule has 2 aliphatic rings. The van der Waals surface area contributed by atoms with Crippen molar-refractivity contribution in [3.63, 3.8) is 0 Å². The number of carbonyl (C=O) groups excluding carboxylic acids is 1. The van der Waals surface area contributed by atoms with E-state index < -0.39 is 10.0 Å². The van der Waals surface area contributed by atoms with Gasteiger partial charge in [0.25, 0.3) is 0 Å². The minimum absolute atomic E-state index is 0.0248. The van der Waals surface area contributed by atoms with Crippen LogP contribution in [0.25, 0.3) is 0 Å². The summed E-state index contributed by atoms with van der Waals surface area (Å²) < 4.78 is 37.8. The van der Waals surface area contributed by atoms with Gasteiger partial charge in [-0.1, -0.05) is 12.1 Å².